The van der Waals surface area contributed by atoms with Crippen molar-refractivity contribution in [2.45, 2.75) is 72.8 Å². The maximum atomic E-state index is 5.50. The average Bonchev–Trinajstić information content (AvgIpc) is 3.28. The highest BCUT2D eigenvalue weighted by Gasteiger charge is 2.15. The molecule has 1 aliphatic rings. The first kappa shape index (κ1) is 25.0. The maximum absolute atomic E-state index is 5.50. The van der Waals surface area contributed by atoms with Gasteiger partial charge in [0.25, 0.3) is 0 Å². The van der Waals surface area contributed by atoms with Gasteiger partial charge in [-0.05, 0) is 79.5 Å². The van der Waals surface area contributed by atoms with Gasteiger partial charge in [-0.3, -0.25) is 4.90 Å². The van der Waals surface area contributed by atoms with Crippen molar-refractivity contribution in [2.24, 2.45) is 17.8 Å². The summed E-state index contributed by atoms with van der Waals surface area (Å²) >= 11 is 0. The SMILES string of the molecule is CC(C)Cc1ccc(CC(C)CCCn2ccnc2)cc1CC(C)CCN1CCOCC1. The molecule has 1 aliphatic heterocycles. The Morgan fingerprint density at radius 1 is 0.906 bits per heavy atom. The fourth-order valence-corrected chi connectivity index (χ4v) is 4.89. The van der Waals surface area contributed by atoms with Gasteiger partial charge in [0, 0.05) is 32.0 Å². The first-order valence-corrected chi connectivity index (χ1v) is 12.9. The van der Waals surface area contributed by atoms with Gasteiger partial charge in [0.05, 0.1) is 19.5 Å². The van der Waals surface area contributed by atoms with E-state index in [0.29, 0.717) is 17.8 Å². The third kappa shape index (κ3) is 8.71. The molecule has 32 heavy (non-hydrogen) atoms. The van der Waals surface area contributed by atoms with Gasteiger partial charge in [-0.15, -0.1) is 0 Å². The lowest BCUT2D eigenvalue weighted by Crippen LogP contribution is -2.37. The normalized spacial score (nSPS) is 17.0. The van der Waals surface area contributed by atoms with E-state index in [1.807, 2.05) is 12.5 Å². The van der Waals surface area contributed by atoms with Crippen LogP contribution in [0.1, 0.15) is 63.6 Å². The van der Waals surface area contributed by atoms with E-state index >= 15 is 0 Å². The molecule has 2 unspecified atom stereocenters. The second-order valence-corrected chi connectivity index (χ2v) is 10.5. The molecule has 0 N–H and O–H groups in total. The Hall–Kier alpha value is -1.65. The molecule has 0 spiro atoms. The number of aryl methyl sites for hydroxylation is 1. The summed E-state index contributed by atoms with van der Waals surface area (Å²) in [4.78, 5) is 6.71. The van der Waals surface area contributed by atoms with Gasteiger partial charge >= 0.3 is 0 Å². The quantitative estimate of drug-likeness (QED) is 0.404. The molecule has 0 radical (unpaired) electrons. The molecule has 2 atom stereocenters. The highest BCUT2D eigenvalue weighted by atomic mass is 16.5. The zero-order valence-corrected chi connectivity index (χ0v) is 20.9. The molecule has 0 bridgehead atoms. The summed E-state index contributed by atoms with van der Waals surface area (Å²) in [7, 11) is 0. The zero-order chi connectivity index (χ0) is 22.8. The number of ether oxygens (including phenoxy) is 1. The van der Waals surface area contributed by atoms with Crippen LogP contribution in [0.25, 0.3) is 0 Å². The van der Waals surface area contributed by atoms with Gasteiger partial charge in [0.15, 0.2) is 0 Å². The van der Waals surface area contributed by atoms with Gasteiger partial charge in [0.2, 0.25) is 0 Å². The number of imidazole rings is 1. The molecule has 1 fully saturated rings. The topological polar surface area (TPSA) is 30.3 Å². The summed E-state index contributed by atoms with van der Waals surface area (Å²) in [5, 5.41) is 0. The van der Waals surface area contributed by atoms with E-state index in [9.17, 15) is 0 Å². The number of rotatable bonds is 13. The third-order valence-electron chi connectivity index (χ3n) is 6.77. The zero-order valence-electron chi connectivity index (χ0n) is 20.9. The van der Waals surface area contributed by atoms with Crippen LogP contribution in [-0.2, 0) is 30.5 Å². The van der Waals surface area contributed by atoms with E-state index < -0.39 is 0 Å². The van der Waals surface area contributed by atoms with Crippen LogP contribution in [0.2, 0.25) is 0 Å². The molecule has 0 saturated carbocycles. The van der Waals surface area contributed by atoms with Crippen LogP contribution in [0.15, 0.2) is 36.9 Å². The van der Waals surface area contributed by atoms with Crippen LogP contribution >= 0.6 is 0 Å². The summed E-state index contributed by atoms with van der Waals surface area (Å²) in [5.74, 6) is 2.12. The second kappa shape index (κ2) is 13.2. The Labute approximate surface area is 196 Å². The van der Waals surface area contributed by atoms with E-state index in [1.165, 1.54) is 50.6 Å². The lowest BCUT2D eigenvalue weighted by Gasteiger charge is -2.28. The molecule has 4 heteroatoms. The van der Waals surface area contributed by atoms with Crippen LogP contribution in [0, 0.1) is 17.8 Å². The largest absolute Gasteiger partial charge is 0.379 e. The first-order chi connectivity index (χ1) is 15.5. The summed E-state index contributed by atoms with van der Waals surface area (Å²) < 4.78 is 7.68. The molecule has 1 aromatic heterocycles. The van der Waals surface area contributed by atoms with Gasteiger partial charge in [-0.25, -0.2) is 4.98 Å². The Bertz CT molecular complexity index is 765. The van der Waals surface area contributed by atoms with Crippen molar-refractivity contribution in [3.8, 4) is 0 Å². The van der Waals surface area contributed by atoms with Crippen molar-refractivity contribution >= 4 is 0 Å². The van der Waals surface area contributed by atoms with Crippen molar-refractivity contribution < 1.29 is 4.74 Å². The van der Waals surface area contributed by atoms with Crippen LogP contribution in [-0.4, -0.2) is 47.3 Å². The van der Waals surface area contributed by atoms with E-state index in [2.05, 4.69) is 66.5 Å². The molecule has 0 aliphatic carbocycles. The van der Waals surface area contributed by atoms with Crippen molar-refractivity contribution in [2.75, 3.05) is 32.8 Å². The van der Waals surface area contributed by atoms with E-state index in [-0.39, 0.29) is 0 Å². The molecule has 2 aromatic rings. The Balaban J connectivity index is 1.54. The van der Waals surface area contributed by atoms with Crippen LogP contribution in [0.5, 0.6) is 0 Å². The Kier molecular flexibility index (Phi) is 10.3. The number of hydrogen-bond acceptors (Lipinski definition) is 3. The highest BCUT2D eigenvalue weighted by Crippen LogP contribution is 2.23. The fourth-order valence-electron chi connectivity index (χ4n) is 4.89. The molecule has 0 amide bonds. The summed E-state index contributed by atoms with van der Waals surface area (Å²) in [6.45, 7) is 15.8. The van der Waals surface area contributed by atoms with Gasteiger partial charge in [0.1, 0.15) is 0 Å². The second-order valence-electron chi connectivity index (χ2n) is 10.5. The van der Waals surface area contributed by atoms with E-state index in [0.717, 1.165) is 32.8 Å². The monoisotopic (exact) mass is 439 g/mol. The third-order valence-corrected chi connectivity index (χ3v) is 6.77. The highest BCUT2D eigenvalue weighted by molar-refractivity contribution is 5.33. The molecule has 4 nitrogen and oxygen atoms in total. The smallest absolute Gasteiger partial charge is 0.0945 e. The number of hydrogen-bond donors (Lipinski definition) is 0. The van der Waals surface area contributed by atoms with Crippen LogP contribution in [0.4, 0.5) is 0 Å². The average molecular weight is 440 g/mol. The maximum Gasteiger partial charge on any atom is 0.0945 e. The van der Waals surface area contributed by atoms with Crippen molar-refractivity contribution in [3.63, 3.8) is 0 Å². The van der Waals surface area contributed by atoms with Crippen molar-refractivity contribution in [3.05, 3.63) is 53.6 Å². The summed E-state index contributed by atoms with van der Waals surface area (Å²) in [6.07, 6.45) is 13.2. The lowest BCUT2D eigenvalue weighted by atomic mass is 9.87. The minimum Gasteiger partial charge on any atom is -0.379 e. The minimum absolute atomic E-state index is 0.699. The standard InChI is InChI=1S/C28H45N3O/c1-23(2)18-27-8-7-26(19-24(3)6-5-11-31-13-10-29-22-31)21-28(27)20-25(4)9-12-30-14-16-32-17-15-30/h7-8,10,13,21-25H,5-6,9,11-12,14-20H2,1-4H3. The predicted octanol–water partition coefficient (Wildman–Crippen LogP) is 5.64. The van der Waals surface area contributed by atoms with Gasteiger partial charge in [-0.2, -0.15) is 0 Å². The first-order valence-electron chi connectivity index (χ1n) is 12.9. The van der Waals surface area contributed by atoms with Gasteiger partial charge < -0.3 is 9.30 Å². The number of nitrogens with zero attached hydrogens (tertiary/aromatic N) is 3. The number of aromatic nitrogens is 2. The van der Waals surface area contributed by atoms with Crippen LogP contribution in [0.3, 0.4) is 0 Å². The van der Waals surface area contributed by atoms with Gasteiger partial charge in [-0.1, -0.05) is 45.9 Å². The minimum atomic E-state index is 0.699. The molecular weight excluding hydrogens is 394 g/mol. The molecule has 2 heterocycles. The molecular formula is C28H45N3O. The molecule has 3 rings (SSSR count). The fraction of sp³-hybridized carbons (Fsp3) is 0.679. The predicted molar refractivity (Wildman–Crippen MR) is 134 cm³/mol. The molecule has 1 saturated heterocycles. The van der Waals surface area contributed by atoms with E-state index in [1.54, 1.807) is 11.1 Å². The van der Waals surface area contributed by atoms with Crippen molar-refractivity contribution in [1.82, 2.24) is 14.5 Å². The number of benzene rings is 1. The molecule has 1 aromatic carbocycles. The van der Waals surface area contributed by atoms with E-state index in [4.69, 9.17) is 4.74 Å². The van der Waals surface area contributed by atoms with Crippen LogP contribution < -0.4 is 0 Å². The number of morpholine rings is 1. The lowest BCUT2D eigenvalue weighted by molar-refractivity contribution is 0.0357. The summed E-state index contributed by atoms with van der Waals surface area (Å²) in [5.41, 5.74) is 4.68. The summed E-state index contributed by atoms with van der Waals surface area (Å²) in [6, 6.07) is 7.36. The molecule has 178 valence electrons. The Morgan fingerprint density at radius 3 is 2.41 bits per heavy atom. The van der Waals surface area contributed by atoms with Crippen molar-refractivity contribution in [1.29, 1.82) is 0 Å². The Morgan fingerprint density at radius 2 is 1.69 bits per heavy atom.